The molecule has 1 amide bonds. The molecule has 2 aromatic rings. The molecule has 21 heavy (non-hydrogen) atoms. The Bertz CT molecular complexity index is 782. The molecule has 2 heterocycles. The van der Waals surface area contributed by atoms with Gasteiger partial charge in [-0.2, -0.15) is 0 Å². The summed E-state index contributed by atoms with van der Waals surface area (Å²) in [6.45, 7) is 0.114. The second-order valence-corrected chi connectivity index (χ2v) is 5.73. The van der Waals surface area contributed by atoms with Crippen LogP contribution in [-0.2, 0) is 11.3 Å². The number of rotatable bonds is 2. The predicted molar refractivity (Wildman–Crippen MR) is 78.9 cm³/mol. The maximum absolute atomic E-state index is 13.4. The summed E-state index contributed by atoms with van der Waals surface area (Å²) in [5, 5.41) is 0.393. The zero-order valence-electron chi connectivity index (χ0n) is 10.4. The molecule has 7 heteroatoms. The number of pyridine rings is 1. The number of Topliss-reactive ketones (excluding diaryl/α,β-unsaturated/α-hetero) is 1. The van der Waals surface area contributed by atoms with Crippen molar-refractivity contribution in [1.29, 1.82) is 0 Å². The Balaban J connectivity index is 2.08. The molecule has 0 bridgehead atoms. The number of aromatic nitrogens is 1. The molecule has 0 saturated heterocycles. The lowest BCUT2D eigenvalue weighted by molar-refractivity contribution is -0.114. The van der Waals surface area contributed by atoms with Gasteiger partial charge in [-0.25, -0.2) is 4.39 Å². The Morgan fingerprint density at radius 2 is 2.10 bits per heavy atom. The molecule has 0 saturated carbocycles. The molecule has 0 fully saturated rings. The summed E-state index contributed by atoms with van der Waals surface area (Å²) in [4.78, 5) is 29.2. The van der Waals surface area contributed by atoms with Crippen LogP contribution in [-0.4, -0.2) is 16.7 Å². The molecule has 0 atom stereocenters. The summed E-state index contributed by atoms with van der Waals surface area (Å²) < 4.78 is 13.7. The first-order chi connectivity index (χ1) is 9.99. The quantitative estimate of drug-likeness (QED) is 0.763. The summed E-state index contributed by atoms with van der Waals surface area (Å²) in [5.74, 6) is -2.01. The van der Waals surface area contributed by atoms with E-state index in [4.69, 9.17) is 11.6 Å². The molecule has 4 nitrogen and oxygen atoms in total. The smallest absolute Gasteiger partial charge is 0.299 e. The summed E-state index contributed by atoms with van der Waals surface area (Å²) in [6, 6.07) is 3.94. The lowest BCUT2D eigenvalue weighted by atomic mass is 10.1. The van der Waals surface area contributed by atoms with Crippen molar-refractivity contribution >= 4 is 44.9 Å². The van der Waals surface area contributed by atoms with Crippen molar-refractivity contribution in [2.45, 2.75) is 6.54 Å². The van der Waals surface area contributed by atoms with Gasteiger partial charge in [0.05, 0.1) is 22.8 Å². The average Bonchev–Trinajstić information content (AvgIpc) is 2.67. The number of amides is 1. The van der Waals surface area contributed by atoms with Crippen LogP contribution in [0.1, 0.15) is 15.9 Å². The third-order valence-electron chi connectivity index (χ3n) is 3.17. The Labute approximate surface area is 132 Å². The average molecular weight is 370 g/mol. The summed E-state index contributed by atoms with van der Waals surface area (Å²) in [5.41, 5.74) is 1.06. The van der Waals surface area contributed by atoms with Crippen molar-refractivity contribution in [2.75, 3.05) is 4.90 Å². The molecule has 1 aromatic heterocycles. The minimum atomic E-state index is -0.727. The number of hydrogen-bond acceptors (Lipinski definition) is 3. The van der Waals surface area contributed by atoms with E-state index in [1.165, 1.54) is 17.2 Å². The van der Waals surface area contributed by atoms with Gasteiger partial charge in [0.1, 0.15) is 5.82 Å². The highest BCUT2D eigenvalue weighted by Crippen LogP contribution is 2.38. The van der Waals surface area contributed by atoms with E-state index in [-0.39, 0.29) is 12.1 Å². The van der Waals surface area contributed by atoms with Crippen molar-refractivity contribution < 1.29 is 14.0 Å². The molecule has 0 N–H and O–H groups in total. The highest BCUT2D eigenvalue weighted by molar-refractivity contribution is 9.10. The second kappa shape index (κ2) is 5.20. The Kier molecular flexibility index (Phi) is 3.51. The van der Waals surface area contributed by atoms with Gasteiger partial charge < -0.3 is 0 Å². The van der Waals surface area contributed by atoms with Gasteiger partial charge in [-0.15, -0.1) is 0 Å². The lowest BCUT2D eigenvalue weighted by Crippen LogP contribution is -2.29. The van der Waals surface area contributed by atoms with Crippen LogP contribution in [0, 0.1) is 5.82 Å². The second-order valence-electron chi connectivity index (χ2n) is 4.47. The zero-order valence-corrected chi connectivity index (χ0v) is 12.8. The van der Waals surface area contributed by atoms with Crippen LogP contribution in [0.3, 0.4) is 0 Å². The molecular weight excluding hydrogens is 363 g/mol. The fraction of sp³-hybridized carbons (Fsp3) is 0.0714. The molecule has 106 valence electrons. The molecule has 0 radical (unpaired) electrons. The van der Waals surface area contributed by atoms with Crippen molar-refractivity contribution in [3.8, 4) is 0 Å². The third-order valence-corrected chi connectivity index (χ3v) is 4.11. The van der Waals surface area contributed by atoms with Gasteiger partial charge in [-0.3, -0.25) is 19.5 Å². The maximum atomic E-state index is 13.4. The number of fused-ring (bicyclic) bond motifs is 1. The number of halogens is 3. The van der Waals surface area contributed by atoms with Gasteiger partial charge in [0.2, 0.25) is 0 Å². The number of benzene rings is 1. The molecule has 3 rings (SSSR count). The molecule has 1 aromatic carbocycles. The molecule has 0 unspecified atom stereocenters. The van der Waals surface area contributed by atoms with Crippen LogP contribution in [0.4, 0.5) is 10.1 Å². The van der Waals surface area contributed by atoms with E-state index < -0.39 is 17.5 Å². The topological polar surface area (TPSA) is 50.3 Å². The van der Waals surface area contributed by atoms with Crippen LogP contribution in [0.15, 0.2) is 35.1 Å². The zero-order chi connectivity index (χ0) is 15.1. The van der Waals surface area contributed by atoms with E-state index in [9.17, 15) is 14.0 Å². The van der Waals surface area contributed by atoms with E-state index in [2.05, 4.69) is 20.9 Å². The van der Waals surface area contributed by atoms with E-state index in [0.717, 1.165) is 6.07 Å². The van der Waals surface area contributed by atoms with E-state index in [0.29, 0.717) is 20.7 Å². The van der Waals surface area contributed by atoms with Crippen LogP contribution in [0.5, 0.6) is 0 Å². The molecule has 0 aliphatic carbocycles. The van der Waals surface area contributed by atoms with Gasteiger partial charge in [-0.05, 0) is 39.7 Å². The monoisotopic (exact) mass is 368 g/mol. The molecule has 1 aliphatic rings. The number of hydrogen-bond donors (Lipinski definition) is 0. The summed E-state index contributed by atoms with van der Waals surface area (Å²) in [6.07, 6.45) is 3.00. The van der Waals surface area contributed by atoms with Crippen LogP contribution < -0.4 is 4.90 Å². The Morgan fingerprint density at radius 1 is 1.33 bits per heavy atom. The number of anilines is 1. The van der Waals surface area contributed by atoms with Gasteiger partial charge in [0.15, 0.2) is 0 Å². The lowest BCUT2D eigenvalue weighted by Gasteiger charge is -2.18. The van der Waals surface area contributed by atoms with Gasteiger partial charge in [0, 0.05) is 16.9 Å². The largest absolute Gasteiger partial charge is 0.299 e. The first kappa shape index (κ1) is 14.2. The standard InChI is InChI=1S/C14H7BrClFN2O2/c15-10-4-8(17)3-9-12(10)19(14(21)13(9)20)6-7-1-2-18-5-11(7)16/h1-5H,6H2. The first-order valence-electron chi connectivity index (χ1n) is 5.92. The maximum Gasteiger partial charge on any atom is 0.299 e. The SMILES string of the molecule is O=C1C(=O)N(Cc2ccncc2Cl)c2c(Br)cc(F)cc21. The van der Waals surface area contributed by atoms with Crippen LogP contribution >= 0.6 is 27.5 Å². The third kappa shape index (κ3) is 2.34. The normalized spacial score (nSPS) is 13.8. The highest BCUT2D eigenvalue weighted by atomic mass is 79.9. The van der Waals surface area contributed by atoms with Gasteiger partial charge in [-0.1, -0.05) is 11.6 Å². The minimum absolute atomic E-state index is 0.0528. The fourth-order valence-electron chi connectivity index (χ4n) is 2.21. The minimum Gasteiger partial charge on any atom is -0.299 e. The van der Waals surface area contributed by atoms with Crippen LogP contribution in [0.25, 0.3) is 0 Å². The Morgan fingerprint density at radius 3 is 2.81 bits per heavy atom. The highest BCUT2D eigenvalue weighted by Gasteiger charge is 2.38. The van der Waals surface area contributed by atoms with Crippen molar-refractivity contribution in [3.05, 3.63) is 57.0 Å². The number of carbonyl (C=O) groups excluding carboxylic acids is 2. The van der Waals surface area contributed by atoms with E-state index in [1.807, 2.05) is 0 Å². The van der Waals surface area contributed by atoms with E-state index in [1.54, 1.807) is 12.3 Å². The molecular formula is C14H7BrClFN2O2. The summed E-state index contributed by atoms with van der Waals surface area (Å²) in [7, 11) is 0. The number of carbonyl (C=O) groups is 2. The number of ketones is 1. The van der Waals surface area contributed by atoms with E-state index >= 15 is 0 Å². The predicted octanol–water partition coefficient (Wildman–Crippen LogP) is 3.37. The number of nitrogens with zero attached hydrogens (tertiary/aromatic N) is 2. The van der Waals surface area contributed by atoms with Gasteiger partial charge in [0.25, 0.3) is 11.7 Å². The van der Waals surface area contributed by atoms with Crippen molar-refractivity contribution in [2.24, 2.45) is 0 Å². The summed E-state index contributed by atoms with van der Waals surface area (Å²) >= 11 is 9.22. The van der Waals surface area contributed by atoms with Crippen LogP contribution in [0.2, 0.25) is 5.02 Å². The van der Waals surface area contributed by atoms with Crippen molar-refractivity contribution in [1.82, 2.24) is 4.98 Å². The van der Waals surface area contributed by atoms with Gasteiger partial charge >= 0.3 is 0 Å². The van der Waals surface area contributed by atoms with Crippen molar-refractivity contribution in [3.63, 3.8) is 0 Å². The molecule has 1 aliphatic heterocycles. The first-order valence-corrected chi connectivity index (χ1v) is 7.09. The Hall–Kier alpha value is -1.79. The fourth-order valence-corrected chi connectivity index (χ4v) is 3.03. The molecule has 0 spiro atoms.